The fourth-order valence-corrected chi connectivity index (χ4v) is 6.53. The minimum absolute atomic E-state index is 0.273. The normalized spacial score (nSPS) is 18.3. The third-order valence-corrected chi connectivity index (χ3v) is 10.7. The first-order valence-corrected chi connectivity index (χ1v) is 10.5. The molecule has 0 spiro atoms. The highest BCUT2D eigenvalue weighted by Gasteiger charge is 2.47. The van der Waals surface area contributed by atoms with Crippen LogP contribution in [-0.4, -0.2) is 8.07 Å². The van der Waals surface area contributed by atoms with Crippen LogP contribution in [-0.2, 0) is 5.04 Å². The van der Waals surface area contributed by atoms with Gasteiger partial charge < -0.3 is 0 Å². The van der Waals surface area contributed by atoms with Crippen LogP contribution in [0.4, 0.5) is 0 Å². The van der Waals surface area contributed by atoms with Crippen LogP contribution in [0.3, 0.4) is 0 Å². The Morgan fingerprint density at radius 1 is 0.800 bits per heavy atom. The highest BCUT2D eigenvalue weighted by Crippen LogP contribution is 2.44. The van der Waals surface area contributed by atoms with Crippen molar-refractivity contribution in [2.24, 2.45) is 0 Å². The van der Waals surface area contributed by atoms with E-state index in [2.05, 4.69) is 77.2 Å². The molecule has 0 unspecified atom stereocenters. The quantitative estimate of drug-likeness (QED) is 0.613. The summed E-state index contributed by atoms with van der Waals surface area (Å²) in [4.78, 5) is 0. The molecule has 2 aromatic carbocycles. The average molecular weight is 280 g/mol. The monoisotopic (exact) mass is 280 g/mol. The van der Waals surface area contributed by atoms with Gasteiger partial charge in [0.25, 0.3) is 0 Å². The maximum Gasteiger partial charge on any atom is 0.0913 e. The predicted octanol–water partition coefficient (Wildman–Crippen LogP) is 4.72. The lowest BCUT2D eigenvalue weighted by molar-refractivity contribution is 0.723. The Kier molecular flexibility index (Phi) is 2.78. The highest BCUT2D eigenvalue weighted by atomic mass is 28.3. The third kappa shape index (κ3) is 1.66. The molecule has 0 fully saturated rings. The summed E-state index contributed by atoms with van der Waals surface area (Å²) in [5, 5.41) is 1.90. The SMILES string of the molecule is Cc1ccc2c(c1)C(C)(C)[Si](C)(C)c1cc(C)ccc1-2. The lowest BCUT2D eigenvalue weighted by atomic mass is 9.89. The van der Waals surface area contributed by atoms with Gasteiger partial charge >= 0.3 is 0 Å². The summed E-state index contributed by atoms with van der Waals surface area (Å²) < 4.78 is 0. The van der Waals surface area contributed by atoms with Crippen molar-refractivity contribution >= 4 is 13.3 Å². The van der Waals surface area contributed by atoms with Crippen LogP contribution in [0, 0.1) is 13.8 Å². The zero-order chi connectivity index (χ0) is 14.7. The molecule has 1 heteroatoms. The van der Waals surface area contributed by atoms with Gasteiger partial charge in [-0.3, -0.25) is 0 Å². The molecule has 0 bridgehead atoms. The van der Waals surface area contributed by atoms with E-state index < -0.39 is 8.07 Å². The largest absolute Gasteiger partial charge is 0.0913 e. The van der Waals surface area contributed by atoms with Crippen LogP contribution in [0.2, 0.25) is 13.1 Å². The van der Waals surface area contributed by atoms with Gasteiger partial charge in [0.2, 0.25) is 0 Å². The molecule has 0 aromatic heterocycles. The van der Waals surface area contributed by atoms with Crippen LogP contribution in [0.25, 0.3) is 11.1 Å². The van der Waals surface area contributed by atoms with Crippen molar-refractivity contribution < 1.29 is 0 Å². The minimum Gasteiger partial charge on any atom is -0.0648 e. The van der Waals surface area contributed by atoms with Gasteiger partial charge in [-0.05, 0) is 35.6 Å². The molecule has 3 rings (SSSR count). The maximum atomic E-state index is 2.52. The molecular weight excluding hydrogens is 256 g/mol. The molecule has 1 aliphatic heterocycles. The Bertz CT molecular complexity index is 631. The predicted molar refractivity (Wildman–Crippen MR) is 91.5 cm³/mol. The number of rotatable bonds is 0. The molecule has 0 amide bonds. The summed E-state index contributed by atoms with van der Waals surface area (Å²) in [7, 11) is -1.54. The Morgan fingerprint density at radius 3 is 2.00 bits per heavy atom. The molecule has 2 aromatic rings. The summed E-state index contributed by atoms with van der Waals surface area (Å²) in [5.74, 6) is 0. The zero-order valence-electron chi connectivity index (χ0n) is 13.5. The molecule has 0 saturated carbocycles. The van der Waals surface area contributed by atoms with Crippen molar-refractivity contribution in [3.8, 4) is 11.1 Å². The topological polar surface area (TPSA) is 0 Å². The van der Waals surface area contributed by atoms with Crippen molar-refractivity contribution in [1.29, 1.82) is 0 Å². The standard InChI is InChI=1S/C19H24Si/c1-13-7-9-15-16-10-8-14(2)12-18(16)20(5,6)19(3,4)17(15)11-13/h7-12H,1-6H3. The van der Waals surface area contributed by atoms with Gasteiger partial charge in [-0.1, -0.05) is 79.7 Å². The van der Waals surface area contributed by atoms with Crippen molar-refractivity contribution in [1.82, 2.24) is 0 Å². The van der Waals surface area contributed by atoms with Crippen molar-refractivity contribution in [2.75, 3.05) is 0 Å². The minimum atomic E-state index is -1.54. The second-order valence-corrected chi connectivity index (χ2v) is 12.4. The van der Waals surface area contributed by atoms with Gasteiger partial charge in [-0.15, -0.1) is 0 Å². The van der Waals surface area contributed by atoms with E-state index in [-0.39, 0.29) is 5.04 Å². The first-order valence-electron chi connectivity index (χ1n) is 7.48. The van der Waals surface area contributed by atoms with Gasteiger partial charge in [-0.2, -0.15) is 0 Å². The lowest BCUT2D eigenvalue weighted by Gasteiger charge is -2.47. The van der Waals surface area contributed by atoms with E-state index in [1.165, 1.54) is 22.3 Å². The van der Waals surface area contributed by atoms with Gasteiger partial charge in [0.15, 0.2) is 0 Å². The first kappa shape index (κ1) is 13.6. The van der Waals surface area contributed by atoms with Gasteiger partial charge in [0.1, 0.15) is 0 Å². The molecule has 0 nitrogen and oxygen atoms in total. The Balaban J connectivity index is 2.43. The molecule has 1 heterocycles. The summed E-state index contributed by atoms with van der Waals surface area (Å²) in [6.07, 6.45) is 0. The van der Waals surface area contributed by atoms with Crippen molar-refractivity contribution in [3.63, 3.8) is 0 Å². The summed E-state index contributed by atoms with van der Waals surface area (Å²) in [6, 6.07) is 14.0. The van der Waals surface area contributed by atoms with E-state index in [1.807, 2.05) is 0 Å². The second kappa shape index (κ2) is 4.08. The van der Waals surface area contributed by atoms with E-state index in [0.717, 1.165) is 0 Å². The lowest BCUT2D eigenvalue weighted by Crippen LogP contribution is -2.60. The fraction of sp³-hybridized carbons (Fsp3) is 0.368. The smallest absolute Gasteiger partial charge is 0.0648 e. The highest BCUT2D eigenvalue weighted by molar-refractivity contribution is 6.93. The van der Waals surface area contributed by atoms with E-state index in [0.29, 0.717) is 0 Å². The number of hydrogen-bond donors (Lipinski definition) is 0. The molecule has 0 radical (unpaired) electrons. The molecule has 0 saturated heterocycles. The van der Waals surface area contributed by atoms with E-state index in [4.69, 9.17) is 0 Å². The van der Waals surface area contributed by atoms with Crippen molar-refractivity contribution in [2.45, 2.75) is 45.8 Å². The van der Waals surface area contributed by atoms with E-state index in [1.54, 1.807) is 10.8 Å². The van der Waals surface area contributed by atoms with E-state index >= 15 is 0 Å². The summed E-state index contributed by atoms with van der Waals surface area (Å²) in [6.45, 7) is 14.4. The number of fused-ring (bicyclic) bond motifs is 3. The van der Waals surface area contributed by atoms with Gasteiger partial charge in [0.05, 0.1) is 8.07 Å². The number of hydrogen-bond acceptors (Lipinski definition) is 0. The zero-order valence-corrected chi connectivity index (χ0v) is 14.5. The van der Waals surface area contributed by atoms with Gasteiger partial charge in [0, 0.05) is 0 Å². The number of aryl methyl sites for hydroxylation is 2. The second-order valence-electron chi connectivity index (χ2n) is 7.35. The average Bonchev–Trinajstić information content (AvgIpc) is 2.37. The summed E-state index contributed by atoms with van der Waals surface area (Å²) in [5.41, 5.74) is 7.22. The van der Waals surface area contributed by atoms with Crippen molar-refractivity contribution in [3.05, 3.63) is 53.1 Å². The Morgan fingerprint density at radius 2 is 1.35 bits per heavy atom. The molecule has 20 heavy (non-hydrogen) atoms. The van der Waals surface area contributed by atoms with E-state index in [9.17, 15) is 0 Å². The number of benzene rings is 2. The molecule has 0 atom stereocenters. The van der Waals surface area contributed by atoms with Crippen LogP contribution in [0.15, 0.2) is 36.4 Å². The summed E-state index contributed by atoms with van der Waals surface area (Å²) >= 11 is 0. The Labute approximate surface area is 123 Å². The molecular formula is C19H24Si. The van der Waals surface area contributed by atoms with Crippen LogP contribution in [0.1, 0.15) is 30.5 Å². The molecule has 0 aliphatic carbocycles. The van der Waals surface area contributed by atoms with Crippen LogP contribution >= 0.6 is 0 Å². The molecule has 0 N–H and O–H groups in total. The maximum absolute atomic E-state index is 2.52. The van der Waals surface area contributed by atoms with Crippen LogP contribution < -0.4 is 5.19 Å². The fourth-order valence-electron chi connectivity index (χ4n) is 3.49. The third-order valence-electron chi connectivity index (χ3n) is 5.55. The first-order chi connectivity index (χ1) is 9.25. The van der Waals surface area contributed by atoms with Gasteiger partial charge in [-0.25, -0.2) is 0 Å². The molecule has 1 aliphatic rings. The Hall–Kier alpha value is -1.34. The van der Waals surface area contributed by atoms with Crippen LogP contribution in [0.5, 0.6) is 0 Å². The molecule has 104 valence electrons.